The van der Waals surface area contributed by atoms with Crippen LogP contribution in [0.4, 0.5) is 5.82 Å². The van der Waals surface area contributed by atoms with E-state index in [-0.39, 0.29) is 1.43 Å². The van der Waals surface area contributed by atoms with E-state index in [4.69, 9.17) is 4.98 Å². The molecule has 0 aromatic carbocycles. The summed E-state index contributed by atoms with van der Waals surface area (Å²) in [4.78, 5) is 12.4. The van der Waals surface area contributed by atoms with Gasteiger partial charge in [-0.05, 0) is 43.3 Å². The van der Waals surface area contributed by atoms with Crippen LogP contribution in [-0.2, 0) is 0 Å². The van der Waals surface area contributed by atoms with E-state index in [0.717, 1.165) is 28.0 Å². The molecular weight excluding hydrogens is 260 g/mol. The Morgan fingerprint density at radius 3 is 2.90 bits per heavy atom. The third kappa shape index (κ3) is 2.18. The third-order valence-corrected chi connectivity index (χ3v) is 3.88. The maximum atomic E-state index is 4.73. The minimum absolute atomic E-state index is 0. The molecule has 4 rings (SSSR count). The highest BCUT2D eigenvalue weighted by Gasteiger charge is 2.25. The molecule has 0 aliphatic heterocycles. The molecular formula is C17H18N4. The molecule has 3 aromatic rings. The van der Waals surface area contributed by atoms with Crippen molar-refractivity contribution in [1.29, 1.82) is 0 Å². The van der Waals surface area contributed by atoms with Crippen LogP contribution >= 0.6 is 0 Å². The van der Waals surface area contributed by atoms with Gasteiger partial charge in [-0.25, -0.2) is 9.97 Å². The number of H-pyrrole nitrogens is 1. The summed E-state index contributed by atoms with van der Waals surface area (Å²) in [5.41, 5.74) is 4.39. The summed E-state index contributed by atoms with van der Waals surface area (Å²) in [5, 5.41) is 4.12. The minimum atomic E-state index is 0. The zero-order valence-electron chi connectivity index (χ0n) is 11.6. The van der Waals surface area contributed by atoms with E-state index >= 15 is 0 Å². The highest BCUT2D eigenvalue weighted by molar-refractivity contribution is 5.93. The molecule has 1 saturated carbocycles. The van der Waals surface area contributed by atoms with Crippen molar-refractivity contribution in [1.82, 2.24) is 15.0 Å². The van der Waals surface area contributed by atoms with Crippen molar-refractivity contribution in [2.24, 2.45) is 0 Å². The van der Waals surface area contributed by atoms with Gasteiger partial charge in [0.15, 0.2) is 0 Å². The van der Waals surface area contributed by atoms with Crippen LogP contribution in [0.5, 0.6) is 0 Å². The number of hydrogen-bond donors (Lipinski definition) is 2. The van der Waals surface area contributed by atoms with Crippen molar-refractivity contribution in [2.45, 2.75) is 18.8 Å². The topological polar surface area (TPSA) is 53.6 Å². The van der Waals surface area contributed by atoms with Gasteiger partial charge in [0.2, 0.25) is 0 Å². The number of aromatic amines is 1. The first-order chi connectivity index (χ1) is 10.3. The van der Waals surface area contributed by atoms with Crippen molar-refractivity contribution < 1.29 is 1.43 Å². The number of aromatic nitrogens is 3. The number of hydrogen-bond acceptors (Lipinski definition) is 3. The number of nitrogens with zero attached hydrogens (tertiary/aromatic N) is 2. The second kappa shape index (κ2) is 4.74. The minimum Gasteiger partial charge on any atom is -0.347 e. The third-order valence-electron chi connectivity index (χ3n) is 3.88. The van der Waals surface area contributed by atoms with Gasteiger partial charge in [0.1, 0.15) is 11.5 Å². The van der Waals surface area contributed by atoms with Crippen molar-refractivity contribution >= 4 is 16.9 Å². The summed E-state index contributed by atoms with van der Waals surface area (Å²) in [6.45, 7) is 3.63. The summed E-state index contributed by atoms with van der Waals surface area (Å²) in [6.07, 6.45) is 8.04. The molecule has 1 aliphatic carbocycles. The van der Waals surface area contributed by atoms with Gasteiger partial charge in [-0.2, -0.15) is 0 Å². The van der Waals surface area contributed by atoms with Crippen molar-refractivity contribution in [3.8, 4) is 11.1 Å². The molecule has 0 amide bonds. The van der Waals surface area contributed by atoms with Crippen LogP contribution in [0, 0.1) is 0 Å². The van der Waals surface area contributed by atoms with Crippen molar-refractivity contribution in [2.75, 3.05) is 5.32 Å². The molecule has 1 aliphatic rings. The van der Waals surface area contributed by atoms with Crippen LogP contribution in [-0.4, -0.2) is 15.0 Å². The Kier molecular flexibility index (Phi) is 2.74. The first kappa shape index (κ1) is 12.1. The molecule has 4 nitrogen and oxygen atoms in total. The van der Waals surface area contributed by atoms with E-state index in [1.165, 1.54) is 18.5 Å². The molecule has 0 atom stereocenters. The zero-order chi connectivity index (χ0) is 14.2. The van der Waals surface area contributed by atoms with Gasteiger partial charge in [0.25, 0.3) is 0 Å². The molecule has 3 heterocycles. The Morgan fingerprint density at radius 2 is 2.19 bits per heavy atom. The quantitative estimate of drug-likeness (QED) is 0.748. The molecule has 0 radical (unpaired) electrons. The molecule has 3 aromatic heterocycles. The van der Waals surface area contributed by atoms with Gasteiger partial charge in [-0.1, -0.05) is 6.58 Å². The Morgan fingerprint density at radius 1 is 1.29 bits per heavy atom. The number of fused-ring (bicyclic) bond motifs is 1. The van der Waals surface area contributed by atoms with Crippen molar-refractivity contribution in [3.63, 3.8) is 0 Å². The van der Waals surface area contributed by atoms with Gasteiger partial charge < -0.3 is 10.3 Å². The van der Waals surface area contributed by atoms with E-state index in [1.807, 2.05) is 18.5 Å². The smallest absolute Gasteiger partial charge is 0.138 e. The fourth-order valence-corrected chi connectivity index (χ4v) is 2.61. The molecule has 21 heavy (non-hydrogen) atoms. The SMILES string of the molecule is C=CNc1ccc(-c2c[nH]c3nc(C4CC4)ccc23)cn1.[HH]. The number of rotatable bonds is 4. The fourth-order valence-electron chi connectivity index (χ4n) is 2.61. The van der Waals surface area contributed by atoms with Crippen LogP contribution in [0.3, 0.4) is 0 Å². The lowest BCUT2D eigenvalue weighted by Gasteiger charge is -2.03. The Bertz CT molecular complexity index is 803. The van der Waals surface area contributed by atoms with Crippen molar-refractivity contribution in [3.05, 3.63) is 55.1 Å². The maximum absolute atomic E-state index is 4.73. The number of nitrogens with one attached hydrogen (secondary N) is 2. The molecule has 0 spiro atoms. The highest BCUT2D eigenvalue weighted by Crippen LogP contribution is 2.40. The van der Waals surface area contributed by atoms with E-state index in [1.54, 1.807) is 6.20 Å². The monoisotopic (exact) mass is 278 g/mol. The lowest BCUT2D eigenvalue weighted by molar-refractivity contribution is 1.04. The average molecular weight is 278 g/mol. The van der Waals surface area contributed by atoms with E-state index in [9.17, 15) is 0 Å². The second-order valence-corrected chi connectivity index (χ2v) is 5.39. The summed E-state index contributed by atoms with van der Waals surface area (Å²) in [7, 11) is 0. The molecule has 4 heteroatoms. The first-order valence-corrected chi connectivity index (χ1v) is 7.17. The first-order valence-electron chi connectivity index (χ1n) is 7.17. The second-order valence-electron chi connectivity index (χ2n) is 5.39. The molecule has 0 bridgehead atoms. The van der Waals surface area contributed by atoms with Crippen LogP contribution in [0.25, 0.3) is 22.2 Å². The molecule has 1 fully saturated rings. The van der Waals surface area contributed by atoms with Gasteiger partial charge in [0, 0.05) is 41.9 Å². The lowest BCUT2D eigenvalue weighted by atomic mass is 10.1. The standard InChI is InChI=1S/C17H16N4.H2/c1-2-18-16-8-5-12(9-19-16)14-10-20-17-13(14)6-7-15(21-17)11-3-4-11;/h2,5-11H,1,3-4H2,(H,18,19)(H,20,21);1H. The highest BCUT2D eigenvalue weighted by atomic mass is 15.0. The van der Waals surface area contributed by atoms with Crippen LogP contribution < -0.4 is 5.32 Å². The summed E-state index contributed by atoms with van der Waals surface area (Å²) >= 11 is 0. The van der Waals surface area contributed by atoms with Gasteiger partial charge >= 0.3 is 0 Å². The van der Waals surface area contributed by atoms with E-state index < -0.39 is 0 Å². The summed E-state index contributed by atoms with van der Waals surface area (Å²) in [6, 6.07) is 8.31. The fraction of sp³-hybridized carbons (Fsp3) is 0.176. The Hall–Kier alpha value is -2.62. The Labute approximate surface area is 124 Å². The molecule has 2 N–H and O–H groups in total. The predicted octanol–water partition coefficient (Wildman–Crippen LogP) is 4.30. The average Bonchev–Trinajstić information content (AvgIpc) is 3.28. The molecule has 0 unspecified atom stereocenters. The van der Waals surface area contributed by atoms with E-state index in [2.05, 4.69) is 40.1 Å². The van der Waals surface area contributed by atoms with Crippen LogP contribution in [0.15, 0.2) is 49.4 Å². The number of anilines is 1. The maximum Gasteiger partial charge on any atom is 0.138 e. The molecule has 0 saturated heterocycles. The normalized spacial score (nSPS) is 14.3. The summed E-state index contributed by atoms with van der Waals surface area (Å²) in [5.74, 6) is 1.47. The zero-order valence-corrected chi connectivity index (χ0v) is 11.6. The Balaban J connectivity index is 0.00000144. The lowest BCUT2D eigenvalue weighted by Crippen LogP contribution is -1.90. The largest absolute Gasteiger partial charge is 0.347 e. The molecule has 106 valence electrons. The summed E-state index contributed by atoms with van der Waals surface area (Å²) < 4.78 is 0. The van der Waals surface area contributed by atoms with Gasteiger partial charge in [0.05, 0.1) is 0 Å². The number of pyridine rings is 2. The van der Waals surface area contributed by atoms with Crippen LogP contribution in [0.1, 0.15) is 25.9 Å². The predicted molar refractivity (Wildman–Crippen MR) is 87.2 cm³/mol. The van der Waals surface area contributed by atoms with Crippen LogP contribution in [0.2, 0.25) is 0 Å². The van der Waals surface area contributed by atoms with E-state index in [0.29, 0.717) is 5.92 Å². The van der Waals surface area contributed by atoms with Gasteiger partial charge in [-0.3, -0.25) is 0 Å². The van der Waals surface area contributed by atoms with Gasteiger partial charge in [-0.15, -0.1) is 0 Å².